The second-order valence-corrected chi connectivity index (χ2v) is 6.76. The summed E-state index contributed by atoms with van der Waals surface area (Å²) >= 11 is 0. The lowest BCUT2D eigenvalue weighted by atomic mass is 10.0. The van der Waals surface area contributed by atoms with Crippen molar-refractivity contribution in [3.63, 3.8) is 0 Å². The van der Waals surface area contributed by atoms with Crippen LogP contribution in [0.1, 0.15) is 12.8 Å². The van der Waals surface area contributed by atoms with Gasteiger partial charge < -0.3 is 9.88 Å². The van der Waals surface area contributed by atoms with Gasteiger partial charge in [-0.2, -0.15) is 0 Å². The van der Waals surface area contributed by atoms with Gasteiger partial charge in [0.25, 0.3) is 0 Å². The van der Waals surface area contributed by atoms with E-state index in [0.29, 0.717) is 0 Å². The molecule has 26 heavy (non-hydrogen) atoms. The lowest BCUT2D eigenvalue weighted by Gasteiger charge is -2.16. The molecular formula is C22H20N4. The number of rotatable bonds is 3. The average Bonchev–Trinajstić information content (AvgIpc) is 3.38. The van der Waals surface area contributed by atoms with Crippen molar-refractivity contribution < 1.29 is 0 Å². The third-order valence-corrected chi connectivity index (χ3v) is 5.08. The first-order valence-electron chi connectivity index (χ1n) is 9.13. The Balaban J connectivity index is 1.60. The van der Waals surface area contributed by atoms with E-state index in [0.717, 1.165) is 46.8 Å². The van der Waals surface area contributed by atoms with Crippen LogP contribution in [-0.4, -0.2) is 28.0 Å². The highest BCUT2D eigenvalue weighted by molar-refractivity contribution is 5.95. The molecule has 0 spiro atoms. The van der Waals surface area contributed by atoms with Gasteiger partial charge in [0.2, 0.25) is 0 Å². The number of nitrogens with one attached hydrogen (secondary N) is 1. The van der Waals surface area contributed by atoms with Gasteiger partial charge in [-0.3, -0.25) is 0 Å². The Bertz CT molecular complexity index is 1050. The maximum atomic E-state index is 4.93. The van der Waals surface area contributed by atoms with Gasteiger partial charge in [-0.05, 0) is 36.6 Å². The van der Waals surface area contributed by atoms with Crippen LogP contribution >= 0.6 is 0 Å². The molecular weight excluding hydrogens is 320 g/mol. The Hall–Kier alpha value is -3.14. The number of hydrogen-bond donors (Lipinski definition) is 1. The molecule has 0 aliphatic carbocycles. The summed E-state index contributed by atoms with van der Waals surface area (Å²) in [6.45, 7) is 2.20. The van der Waals surface area contributed by atoms with E-state index < -0.39 is 0 Å². The molecule has 0 saturated carbocycles. The predicted octanol–water partition coefficient (Wildman–Crippen LogP) is 4.89. The SMILES string of the molecule is c1ccc(-c2cnc3[nH]cc(-c4cccc(N5CCCC5)n4)c3c2)cc1. The smallest absolute Gasteiger partial charge is 0.137 e. The highest BCUT2D eigenvalue weighted by Gasteiger charge is 2.15. The zero-order valence-corrected chi connectivity index (χ0v) is 14.5. The van der Waals surface area contributed by atoms with Gasteiger partial charge in [-0.1, -0.05) is 36.4 Å². The fourth-order valence-corrected chi connectivity index (χ4v) is 3.70. The first kappa shape index (κ1) is 15.1. The highest BCUT2D eigenvalue weighted by Crippen LogP contribution is 2.31. The lowest BCUT2D eigenvalue weighted by molar-refractivity contribution is 0.939. The van der Waals surface area contributed by atoms with Crippen molar-refractivity contribution in [2.24, 2.45) is 0 Å². The molecule has 1 aliphatic rings. The van der Waals surface area contributed by atoms with Crippen molar-refractivity contribution in [2.75, 3.05) is 18.0 Å². The molecule has 0 amide bonds. The number of pyridine rings is 2. The van der Waals surface area contributed by atoms with E-state index >= 15 is 0 Å². The van der Waals surface area contributed by atoms with Crippen molar-refractivity contribution in [1.29, 1.82) is 0 Å². The predicted molar refractivity (Wildman–Crippen MR) is 106 cm³/mol. The lowest BCUT2D eigenvalue weighted by Crippen LogP contribution is -2.18. The third kappa shape index (κ3) is 2.64. The number of benzene rings is 1. The zero-order valence-electron chi connectivity index (χ0n) is 14.5. The minimum Gasteiger partial charge on any atom is -0.357 e. The molecule has 0 atom stereocenters. The van der Waals surface area contributed by atoms with Crippen LogP contribution in [-0.2, 0) is 0 Å². The van der Waals surface area contributed by atoms with Gasteiger partial charge in [-0.15, -0.1) is 0 Å². The van der Waals surface area contributed by atoms with E-state index in [9.17, 15) is 0 Å². The van der Waals surface area contributed by atoms with E-state index in [1.165, 1.54) is 18.4 Å². The van der Waals surface area contributed by atoms with E-state index in [1.54, 1.807) is 0 Å². The van der Waals surface area contributed by atoms with Crippen LogP contribution in [0.15, 0.2) is 67.0 Å². The van der Waals surface area contributed by atoms with Gasteiger partial charge in [0.15, 0.2) is 0 Å². The number of H-pyrrole nitrogens is 1. The molecule has 4 heteroatoms. The molecule has 1 aliphatic heterocycles. The van der Waals surface area contributed by atoms with Gasteiger partial charge >= 0.3 is 0 Å². The molecule has 4 heterocycles. The Labute approximate surface area is 152 Å². The summed E-state index contributed by atoms with van der Waals surface area (Å²) in [5, 5.41) is 1.11. The number of hydrogen-bond acceptors (Lipinski definition) is 3. The fraction of sp³-hybridized carbons (Fsp3) is 0.182. The van der Waals surface area contributed by atoms with Crippen LogP contribution < -0.4 is 4.90 Å². The Morgan fingerprint density at radius 1 is 0.885 bits per heavy atom. The molecule has 3 aromatic heterocycles. The maximum absolute atomic E-state index is 4.93. The number of aromatic amines is 1. The van der Waals surface area contributed by atoms with Crippen LogP contribution in [0, 0.1) is 0 Å². The number of nitrogens with zero attached hydrogens (tertiary/aromatic N) is 3. The number of anilines is 1. The summed E-state index contributed by atoms with van der Waals surface area (Å²) in [5.41, 5.74) is 5.29. The molecule has 0 unspecified atom stereocenters. The summed E-state index contributed by atoms with van der Waals surface area (Å²) in [6, 6.07) is 18.9. The van der Waals surface area contributed by atoms with Gasteiger partial charge in [-0.25, -0.2) is 9.97 Å². The standard InChI is InChI=1S/C22H20N4/c1-2-7-16(8-3-1)17-13-18-19(15-24-22(18)23-14-17)20-9-6-10-21(25-20)26-11-4-5-12-26/h1-3,6-10,13-15H,4-5,11-12H2,(H,23,24). The quantitative estimate of drug-likeness (QED) is 0.577. The summed E-state index contributed by atoms with van der Waals surface area (Å²) in [4.78, 5) is 15.2. The van der Waals surface area contributed by atoms with Crippen molar-refractivity contribution in [2.45, 2.75) is 12.8 Å². The summed E-state index contributed by atoms with van der Waals surface area (Å²) < 4.78 is 0. The first-order valence-corrected chi connectivity index (χ1v) is 9.13. The second kappa shape index (κ2) is 6.30. The first-order chi connectivity index (χ1) is 12.9. The zero-order chi connectivity index (χ0) is 17.3. The topological polar surface area (TPSA) is 44.8 Å². The van der Waals surface area contributed by atoms with E-state index in [-0.39, 0.29) is 0 Å². The van der Waals surface area contributed by atoms with Crippen molar-refractivity contribution in [3.8, 4) is 22.4 Å². The molecule has 0 radical (unpaired) electrons. The minimum atomic E-state index is 0.896. The largest absolute Gasteiger partial charge is 0.357 e. The molecule has 0 bridgehead atoms. The van der Waals surface area contributed by atoms with Crippen LogP contribution in [0.25, 0.3) is 33.4 Å². The summed E-state index contributed by atoms with van der Waals surface area (Å²) in [7, 11) is 0. The Morgan fingerprint density at radius 2 is 1.73 bits per heavy atom. The van der Waals surface area contributed by atoms with Gasteiger partial charge in [0, 0.05) is 42.0 Å². The van der Waals surface area contributed by atoms with Crippen LogP contribution in [0.4, 0.5) is 5.82 Å². The molecule has 1 aromatic carbocycles. The molecule has 1 saturated heterocycles. The third-order valence-electron chi connectivity index (χ3n) is 5.08. The molecule has 4 nitrogen and oxygen atoms in total. The Morgan fingerprint density at radius 3 is 2.58 bits per heavy atom. The summed E-state index contributed by atoms with van der Waals surface area (Å²) in [6.07, 6.45) is 6.45. The average molecular weight is 340 g/mol. The molecule has 128 valence electrons. The highest BCUT2D eigenvalue weighted by atomic mass is 15.2. The number of fused-ring (bicyclic) bond motifs is 1. The number of aromatic nitrogens is 3. The monoisotopic (exact) mass is 340 g/mol. The second-order valence-electron chi connectivity index (χ2n) is 6.76. The van der Waals surface area contributed by atoms with Crippen LogP contribution in [0.5, 0.6) is 0 Å². The molecule has 1 fully saturated rings. The normalized spacial score (nSPS) is 14.2. The fourth-order valence-electron chi connectivity index (χ4n) is 3.70. The molecule has 4 aromatic rings. The van der Waals surface area contributed by atoms with E-state index in [1.807, 2.05) is 18.5 Å². The van der Waals surface area contributed by atoms with Crippen molar-refractivity contribution in [3.05, 3.63) is 67.0 Å². The summed E-state index contributed by atoms with van der Waals surface area (Å²) in [5.74, 6) is 1.07. The van der Waals surface area contributed by atoms with Gasteiger partial charge in [0.05, 0.1) is 5.69 Å². The minimum absolute atomic E-state index is 0.896. The van der Waals surface area contributed by atoms with E-state index in [4.69, 9.17) is 4.98 Å². The Kier molecular flexibility index (Phi) is 3.67. The molecule has 1 N–H and O–H groups in total. The van der Waals surface area contributed by atoms with Gasteiger partial charge in [0.1, 0.15) is 11.5 Å². The van der Waals surface area contributed by atoms with Crippen LogP contribution in [0.2, 0.25) is 0 Å². The van der Waals surface area contributed by atoms with Crippen LogP contribution in [0.3, 0.4) is 0 Å². The van der Waals surface area contributed by atoms with Crippen molar-refractivity contribution >= 4 is 16.9 Å². The molecule has 5 rings (SSSR count). The van der Waals surface area contributed by atoms with E-state index in [2.05, 4.69) is 63.4 Å². The maximum Gasteiger partial charge on any atom is 0.137 e. The van der Waals surface area contributed by atoms with Crippen molar-refractivity contribution in [1.82, 2.24) is 15.0 Å².